The number of phenols is 1. The van der Waals surface area contributed by atoms with E-state index < -0.39 is 35.6 Å². The second-order valence-electron chi connectivity index (χ2n) is 12.2. The summed E-state index contributed by atoms with van der Waals surface area (Å²) in [5, 5.41) is 22.0. The zero-order chi connectivity index (χ0) is 30.7. The molecule has 3 fully saturated rings. The number of hydrogen-bond acceptors (Lipinski definition) is 8. The number of benzene rings is 2. The zero-order valence-electron chi connectivity index (χ0n) is 24.2. The van der Waals surface area contributed by atoms with Crippen LogP contribution in [0.4, 0.5) is 23.4 Å². The number of alkyl halides is 2. The van der Waals surface area contributed by atoms with Crippen LogP contribution in [-0.2, 0) is 6.42 Å². The lowest BCUT2D eigenvalue weighted by molar-refractivity contribution is 0.0642. The van der Waals surface area contributed by atoms with Gasteiger partial charge in [-0.3, -0.25) is 9.88 Å². The van der Waals surface area contributed by atoms with Crippen LogP contribution < -0.4 is 9.64 Å². The van der Waals surface area contributed by atoms with E-state index in [0.29, 0.717) is 35.7 Å². The first kappa shape index (κ1) is 29.0. The van der Waals surface area contributed by atoms with Crippen LogP contribution in [-0.4, -0.2) is 86.8 Å². The molecule has 0 radical (unpaired) electrons. The van der Waals surface area contributed by atoms with E-state index in [0.717, 1.165) is 19.4 Å². The average Bonchev–Trinajstić information content (AvgIpc) is 3.53. The minimum Gasteiger partial charge on any atom is -0.508 e. The molecule has 5 heterocycles. The Kier molecular flexibility index (Phi) is 7.24. The number of nitrogens with zero attached hydrogens (tertiary/aromatic N) is 5. The van der Waals surface area contributed by atoms with E-state index in [-0.39, 0.29) is 65.9 Å². The summed E-state index contributed by atoms with van der Waals surface area (Å²) in [6.45, 7) is 3.15. The molecule has 1 unspecified atom stereocenters. The number of hydrogen-bond donors (Lipinski definition) is 2. The quantitative estimate of drug-likeness (QED) is 0.286. The zero-order valence-corrected chi connectivity index (χ0v) is 24.2. The smallest absolute Gasteiger partial charge is 0.319 e. The first-order valence-corrected chi connectivity index (χ1v) is 15.1. The van der Waals surface area contributed by atoms with Crippen LogP contribution in [0, 0.1) is 11.6 Å². The van der Waals surface area contributed by atoms with Gasteiger partial charge in [-0.2, -0.15) is 9.97 Å². The molecule has 12 heteroatoms. The van der Waals surface area contributed by atoms with Gasteiger partial charge in [-0.15, -0.1) is 0 Å². The second kappa shape index (κ2) is 11.0. The fraction of sp³-hybridized carbons (Fsp3) is 0.469. The number of β-amino-alcohol motifs (C(OH)–C–C–N with tert-alkyl or cyclic N) is 1. The first-order valence-electron chi connectivity index (χ1n) is 15.1. The molecule has 0 saturated carbocycles. The maximum absolute atomic E-state index is 16.7. The molecule has 7 rings (SSSR count). The molecule has 0 spiro atoms. The number of ether oxygens (including phenoxy) is 1. The van der Waals surface area contributed by atoms with E-state index in [9.17, 15) is 23.4 Å². The number of halogens is 4. The minimum absolute atomic E-state index is 0.0491. The van der Waals surface area contributed by atoms with Crippen molar-refractivity contribution in [3.05, 3.63) is 47.7 Å². The standard InChI is InChI=1S/C32H33F4N5O3/c1-2-20-23(34)5-4-17-10-19(42)11-21(26(17)20)28-27(36)29-22(13-37-28)30(40-9-6-24(35)25(43)15-40)39-31(38-29)44-16-32-7-3-8-41(32)14-18(33)12-32/h4-5,10-11,13,18,24-25,42-43H,2-3,6-9,12,14-16H2,1H3/t18-,24+,25?,32+/m1/s1. The number of aromatic hydroxyl groups is 1. The van der Waals surface area contributed by atoms with Gasteiger partial charge >= 0.3 is 6.01 Å². The third-order valence-electron chi connectivity index (χ3n) is 9.44. The number of rotatable bonds is 6. The molecule has 3 saturated heterocycles. The van der Waals surface area contributed by atoms with E-state index in [4.69, 9.17) is 4.74 Å². The summed E-state index contributed by atoms with van der Waals surface area (Å²) in [7, 11) is 0. The number of aromatic nitrogens is 3. The molecule has 0 amide bonds. The number of aryl methyl sites for hydroxylation is 1. The lowest BCUT2D eigenvalue weighted by atomic mass is 9.94. The summed E-state index contributed by atoms with van der Waals surface area (Å²) in [6.07, 6.45) is 0.145. The molecule has 2 N–H and O–H groups in total. The van der Waals surface area contributed by atoms with Crippen LogP contribution in [0.5, 0.6) is 11.8 Å². The molecule has 4 atom stereocenters. The molecule has 44 heavy (non-hydrogen) atoms. The van der Waals surface area contributed by atoms with E-state index in [1.54, 1.807) is 11.8 Å². The van der Waals surface area contributed by atoms with Gasteiger partial charge in [0.1, 0.15) is 53.6 Å². The first-order chi connectivity index (χ1) is 21.2. The van der Waals surface area contributed by atoms with E-state index in [1.807, 2.05) is 0 Å². The Hall–Kier alpha value is -3.77. The van der Waals surface area contributed by atoms with Crippen LogP contribution in [0.15, 0.2) is 30.5 Å². The Morgan fingerprint density at radius 2 is 1.95 bits per heavy atom. The molecular formula is C32H33F4N5O3. The lowest BCUT2D eigenvalue weighted by Crippen LogP contribution is -2.45. The minimum atomic E-state index is -1.40. The molecular weight excluding hydrogens is 578 g/mol. The fourth-order valence-electron chi connectivity index (χ4n) is 7.29. The van der Waals surface area contributed by atoms with Gasteiger partial charge < -0.3 is 19.8 Å². The molecule has 2 aromatic heterocycles. The maximum Gasteiger partial charge on any atom is 0.319 e. The van der Waals surface area contributed by atoms with E-state index in [2.05, 4.69) is 19.9 Å². The maximum atomic E-state index is 16.7. The highest BCUT2D eigenvalue weighted by molar-refractivity contribution is 6.01. The van der Waals surface area contributed by atoms with Crippen LogP contribution in [0.1, 0.15) is 38.2 Å². The third-order valence-corrected chi connectivity index (χ3v) is 9.44. The molecule has 4 aromatic rings. The number of piperidine rings is 1. The largest absolute Gasteiger partial charge is 0.508 e. The van der Waals surface area contributed by atoms with Crippen molar-refractivity contribution >= 4 is 27.5 Å². The Labute approximate surface area is 251 Å². The van der Waals surface area contributed by atoms with Gasteiger partial charge in [0.2, 0.25) is 0 Å². The van der Waals surface area contributed by atoms with Gasteiger partial charge in [0.15, 0.2) is 5.82 Å². The number of phenolic OH excluding ortho intramolecular Hbond substituents is 1. The van der Waals surface area contributed by atoms with Crippen molar-refractivity contribution in [3.8, 4) is 23.0 Å². The fourth-order valence-corrected chi connectivity index (χ4v) is 7.29. The second-order valence-corrected chi connectivity index (χ2v) is 12.2. The topological polar surface area (TPSA) is 94.8 Å². The van der Waals surface area contributed by atoms with Gasteiger partial charge in [-0.05, 0) is 66.8 Å². The molecule has 0 bridgehead atoms. The van der Waals surface area contributed by atoms with Crippen LogP contribution in [0.25, 0.3) is 32.9 Å². The van der Waals surface area contributed by atoms with Crippen molar-refractivity contribution < 1.29 is 32.5 Å². The van der Waals surface area contributed by atoms with Crippen LogP contribution in [0.2, 0.25) is 0 Å². The Balaban J connectivity index is 1.37. The number of anilines is 1. The van der Waals surface area contributed by atoms with E-state index >= 15 is 4.39 Å². The normalized spacial score (nSPS) is 25.7. The molecule has 232 valence electrons. The predicted molar refractivity (Wildman–Crippen MR) is 158 cm³/mol. The summed E-state index contributed by atoms with van der Waals surface area (Å²) >= 11 is 0. The van der Waals surface area contributed by atoms with Crippen molar-refractivity contribution in [1.29, 1.82) is 0 Å². The number of aliphatic hydroxyl groups excluding tert-OH is 1. The van der Waals surface area contributed by atoms with Gasteiger partial charge in [0.05, 0.1) is 10.9 Å². The van der Waals surface area contributed by atoms with Gasteiger partial charge in [-0.1, -0.05) is 13.0 Å². The van der Waals surface area contributed by atoms with Crippen molar-refractivity contribution in [2.45, 2.75) is 63.0 Å². The van der Waals surface area contributed by atoms with Crippen LogP contribution in [0.3, 0.4) is 0 Å². The number of aliphatic hydroxyl groups is 1. The van der Waals surface area contributed by atoms with Crippen molar-refractivity contribution in [2.24, 2.45) is 0 Å². The monoisotopic (exact) mass is 611 g/mol. The summed E-state index contributed by atoms with van der Waals surface area (Å²) in [6, 6.07) is 5.53. The van der Waals surface area contributed by atoms with E-state index in [1.165, 1.54) is 30.5 Å². The third kappa shape index (κ3) is 4.79. The van der Waals surface area contributed by atoms with Crippen LogP contribution >= 0.6 is 0 Å². The van der Waals surface area contributed by atoms with Crippen molar-refractivity contribution in [1.82, 2.24) is 19.9 Å². The van der Waals surface area contributed by atoms with Gasteiger partial charge in [-0.25, -0.2) is 17.6 Å². The molecule has 2 aromatic carbocycles. The lowest BCUT2D eigenvalue weighted by Gasteiger charge is -2.34. The molecule has 3 aliphatic rings. The number of pyridine rings is 1. The summed E-state index contributed by atoms with van der Waals surface area (Å²) < 4.78 is 66.2. The Morgan fingerprint density at radius 3 is 2.75 bits per heavy atom. The highest BCUT2D eigenvalue weighted by Crippen LogP contribution is 2.42. The molecule has 3 aliphatic heterocycles. The molecule has 8 nitrogen and oxygen atoms in total. The average molecular weight is 612 g/mol. The summed E-state index contributed by atoms with van der Waals surface area (Å²) in [5.74, 6) is -1.20. The van der Waals surface area contributed by atoms with Crippen molar-refractivity contribution in [2.75, 3.05) is 37.7 Å². The SMILES string of the molecule is CCc1c(F)ccc2cc(O)cc(-c3ncc4c(N5CC[C@H](F)C(O)C5)nc(OC[C@@]56CCCN5C[C@H](F)C6)nc4c3F)c12. The Bertz CT molecular complexity index is 1760. The summed E-state index contributed by atoms with van der Waals surface area (Å²) in [5.41, 5.74) is -0.212. The molecule has 0 aliphatic carbocycles. The van der Waals surface area contributed by atoms with Gasteiger partial charge in [0.25, 0.3) is 0 Å². The Morgan fingerprint density at radius 1 is 1.11 bits per heavy atom. The van der Waals surface area contributed by atoms with Gasteiger partial charge in [0, 0.05) is 37.8 Å². The summed E-state index contributed by atoms with van der Waals surface area (Å²) in [4.78, 5) is 17.2. The highest BCUT2D eigenvalue weighted by atomic mass is 19.1. The highest BCUT2D eigenvalue weighted by Gasteiger charge is 2.49. The number of fused-ring (bicyclic) bond motifs is 3. The predicted octanol–water partition coefficient (Wildman–Crippen LogP) is 5.26. The van der Waals surface area contributed by atoms with Crippen molar-refractivity contribution in [3.63, 3.8) is 0 Å².